The molecule has 1 heterocycles. The van der Waals surface area contributed by atoms with Gasteiger partial charge in [0.1, 0.15) is 0 Å². The number of ether oxygens (including phenoxy) is 2. The number of hydrogen-bond donors (Lipinski definition) is 3. The van der Waals surface area contributed by atoms with Gasteiger partial charge in [-0.2, -0.15) is 0 Å². The van der Waals surface area contributed by atoms with E-state index in [-0.39, 0.29) is 67.3 Å². The van der Waals surface area contributed by atoms with E-state index >= 15 is 0 Å². The van der Waals surface area contributed by atoms with Crippen LogP contribution >= 0.6 is 0 Å². The molecule has 3 amide bonds. The van der Waals surface area contributed by atoms with Gasteiger partial charge in [0.25, 0.3) is 0 Å². The van der Waals surface area contributed by atoms with Gasteiger partial charge in [0, 0.05) is 46.1 Å². The van der Waals surface area contributed by atoms with Crippen LogP contribution in [0.25, 0.3) is 0 Å². The van der Waals surface area contributed by atoms with Crippen LogP contribution in [0.3, 0.4) is 0 Å². The Bertz CT molecular complexity index is 985. The van der Waals surface area contributed by atoms with Gasteiger partial charge in [0.15, 0.2) is 0 Å². The lowest BCUT2D eigenvalue weighted by molar-refractivity contribution is -0.144. The fourth-order valence-corrected chi connectivity index (χ4v) is 6.99. The van der Waals surface area contributed by atoms with Crippen LogP contribution in [0.15, 0.2) is 23.9 Å². The number of likely N-dealkylation sites (N-methyl/N-ethyl adjacent to an activating group) is 2. The maximum Gasteiger partial charge on any atom is 0.241 e. The Morgan fingerprint density at radius 1 is 1.09 bits per heavy atom. The quantitative estimate of drug-likeness (QED) is 0.174. The topological polar surface area (TPSA) is 112 Å². The van der Waals surface area contributed by atoms with Crippen molar-refractivity contribution >= 4 is 17.7 Å². The molecular weight excluding hydrogens is 570 g/mol. The molecule has 45 heavy (non-hydrogen) atoms. The monoisotopic (exact) mass is 633 g/mol. The molecule has 0 radical (unpaired) electrons. The lowest BCUT2D eigenvalue weighted by Crippen LogP contribution is -2.53. The van der Waals surface area contributed by atoms with Crippen LogP contribution in [0.1, 0.15) is 91.9 Å². The third-order valence-corrected chi connectivity index (χ3v) is 9.84. The molecule has 1 aliphatic carbocycles. The summed E-state index contributed by atoms with van der Waals surface area (Å²) >= 11 is 0. The standard InChI is InChI=1S/C35H63N5O5/c1-10-25(4)35(39(7)33(43)23-38-26(5)34(36-6)24(2)3)30(45-9)22-32(42)40-20-14-17-28(40)29(44-8)21-31(41)37-19-18-27-15-12-11-13-16-27/h15,24-25,28-30,34-36,38H,5,10-14,16-23H2,1-4,6-9H3,(H,37,41). The van der Waals surface area contributed by atoms with Gasteiger partial charge in [-0.05, 0) is 63.8 Å². The number of amides is 3. The van der Waals surface area contributed by atoms with Gasteiger partial charge < -0.3 is 35.2 Å². The van der Waals surface area contributed by atoms with Crippen molar-refractivity contribution in [3.05, 3.63) is 23.9 Å². The lowest BCUT2D eigenvalue weighted by Gasteiger charge is -2.39. The maximum atomic E-state index is 13.8. The molecule has 258 valence electrons. The van der Waals surface area contributed by atoms with Crippen LogP contribution in [0.2, 0.25) is 0 Å². The first-order valence-corrected chi connectivity index (χ1v) is 17.1. The summed E-state index contributed by atoms with van der Waals surface area (Å²) in [6, 6.07) is -0.419. The SMILES string of the molecule is C=C(NCC(=O)N(C)C(C(C)CC)C(CC(=O)N1CCCC1C(CC(=O)NCCC1=CCCCC1)OC)OC)C(NC)C(C)C. The number of rotatable bonds is 20. The molecule has 0 spiro atoms. The Morgan fingerprint density at radius 3 is 2.40 bits per heavy atom. The van der Waals surface area contributed by atoms with E-state index in [2.05, 4.69) is 56.3 Å². The second-order valence-electron chi connectivity index (χ2n) is 13.2. The molecule has 2 aliphatic rings. The third kappa shape index (κ3) is 11.7. The highest BCUT2D eigenvalue weighted by atomic mass is 16.5. The van der Waals surface area contributed by atoms with Crippen LogP contribution in [0.4, 0.5) is 0 Å². The predicted molar refractivity (Wildman–Crippen MR) is 181 cm³/mol. The van der Waals surface area contributed by atoms with Gasteiger partial charge in [-0.15, -0.1) is 0 Å². The molecule has 1 saturated heterocycles. The molecule has 0 aromatic carbocycles. The predicted octanol–water partition coefficient (Wildman–Crippen LogP) is 4.01. The minimum Gasteiger partial charge on any atom is -0.379 e. The zero-order valence-electron chi connectivity index (χ0n) is 29.5. The summed E-state index contributed by atoms with van der Waals surface area (Å²) in [5.74, 6) is 0.263. The molecule has 10 heteroatoms. The maximum absolute atomic E-state index is 13.8. The normalized spacial score (nSPS) is 20.2. The number of nitrogens with one attached hydrogen (secondary N) is 3. The first-order valence-electron chi connectivity index (χ1n) is 17.1. The minimum absolute atomic E-state index is 0.0366. The van der Waals surface area contributed by atoms with Gasteiger partial charge in [-0.25, -0.2) is 0 Å². The Kier molecular flexibility index (Phi) is 17.2. The number of allylic oxidation sites excluding steroid dienone is 1. The van der Waals surface area contributed by atoms with E-state index in [0.29, 0.717) is 19.0 Å². The number of likely N-dealkylation sites (tertiary alicyclic amines) is 1. The Labute approximate surface area is 273 Å². The molecule has 10 nitrogen and oxygen atoms in total. The highest BCUT2D eigenvalue weighted by Crippen LogP contribution is 2.28. The summed E-state index contributed by atoms with van der Waals surface area (Å²) in [6.45, 7) is 13.9. The van der Waals surface area contributed by atoms with Gasteiger partial charge in [-0.3, -0.25) is 14.4 Å². The minimum atomic E-state index is -0.482. The molecule has 0 aromatic heterocycles. The Morgan fingerprint density at radius 2 is 1.82 bits per heavy atom. The summed E-state index contributed by atoms with van der Waals surface area (Å²) in [6.07, 6.45) is 9.92. The molecule has 1 aliphatic heterocycles. The van der Waals surface area contributed by atoms with Crippen molar-refractivity contribution in [3.8, 4) is 0 Å². The van der Waals surface area contributed by atoms with Crippen molar-refractivity contribution in [1.82, 2.24) is 25.8 Å². The molecule has 3 N–H and O–H groups in total. The summed E-state index contributed by atoms with van der Waals surface area (Å²) in [4.78, 5) is 43.7. The van der Waals surface area contributed by atoms with Gasteiger partial charge in [0.2, 0.25) is 17.7 Å². The fourth-order valence-electron chi connectivity index (χ4n) is 6.99. The molecular formula is C35H63N5O5. The van der Waals surface area contributed by atoms with Gasteiger partial charge >= 0.3 is 0 Å². The van der Waals surface area contributed by atoms with Crippen LogP contribution in [-0.2, 0) is 23.9 Å². The van der Waals surface area contributed by atoms with E-state index < -0.39 is 6.10 Å². The summed E-state index contributed by atoms with van der Waals surface area (Å²) in [7, 11) is 6.90. The second-order valence-corrected chi connectivity index (χ2v) is 13.2. The molecule has 0 bridgehead atoms. The van der Waals surface area contributed by atoms with Crippen LogP contribution in [0, 0.1) is 11.8 Å². The molecule has 6 unspecified atom stereocenters. The summed E-state index contributed by atoms with van der Waals surface area (Å²) in [5.41, 5.74) is 2.21. The molecule has 6 atom stereocenters. The van der Waals surface area contributed by atoms with E-state index in [1.165, 1.54) is 18.4 Å². The number of carbonyl (C=O) groups is 3. The first-order chi connectivity index (χ1) is 21.5. The summed E-state index contributed by atoms with van der Waals surface area (Å²) in [5, 5.41) is 9.51. The third-order valence-electron chi connectivity index (χ3n) is 9.84. The number of carbonyl (C=O) groups excluding carboxylic acids is 3. The lowest BCUT2D eigenvalue weighted by atomic mass is 9.90. The van der Waals surface area contributed by atoms with Crippen molar-refractivity contribution in [2.75, 3.05) is 47.9 Å². The van der Waals surface area contributed by atoms with Crippen LogP contribution < -0.4 is 16.0 Å². The van der Waals surface area contributed by atoms with Crippen molar-refractivity contribution < 1.29 is 23.9 Å². The largest absolute Gasteiger partial charge is 0.379 e. The smallest absolute Gasteiger partial charge is 0.241 e. The fraction of sp³-hybridized carbons (Fsp3) is 0.800. The van der Waals surface area contributed by atoms with Crippen LogP contribution in [0.5, 0.6) is 0 Å². The van der Waals surface area contributed by atoms with Crippen molar-refractivity contribution in [2.24, 2.45) is 11.8 Å². The van der Waals surface area contributed by atoms with Crippen molar-refractivity contribution in [1.29, 1.82) is 0 Å². The Hall–Kier alpha value is -2.43. The van der Waals surface area contributed by atoms with Gasteiger partial charge in [0.05, 0.1) is 43.7 Å². The Balaban J connectivity index is 2.03. The molecule has 2 rings (SSSR count). The number of hydrogen-bond acceptors (Lipinski definition) is 7. The molecule has 0 aromatic rings. The van der Waals surface area contributed by atoms with Crippen molar-refractivity contribution in [3.63, 3.8) is 0 Å². The molecule has 1 fully saturated rings. The first kappa shape index (κ1) is 38.8. The highest BCUT2D eigenvalue weighted by Gasteiger charge is 2.39. The van der Waals surface area contributed by atoms with Crippen molar-refractivity contribution in [2.45, 2.75) is 122 Å². The van der Waals surface area contributed by atoms with E-state index in [1.807, 2.05) is 11.9 Å². The van der Waals surface area contributed by atoms with E-state index in [9.17, 15) is 14.4 Å². The zero-order chi connectivity index (χ0) is 33.5. The highest BCUT2D eigenvalue weighted by molar-refractivity contribution is 5.80. The number of methoxy groups -OCH3 is 2. The van der Waals surface area contributed by atoms with E-state index in [4.69, 9.17) is 9.47 Å². The molecule has 0 saturated carbocycles. The average molecular weight is 634 g/mol. The van der Waals surface area contributed by atoms with Gasteiger partial charge in [-0.1, -0.05) is 52.3 Å². The van der Waals surface area contributed by atoms with E-state index in [0.717, 1.165) is 44.2 Å². The average Bonchev–Trinajstić information content (AvgIpc) is 3.52. The van der Waals surface area contributed by atoms with Crippen LogP contribution in [-0.4, -0.2) is 106 Å². The number of nitrogens with zero attached hydrogens (tertiary/aromatic N) is 2. The van der Waals surface area contributed by atoms with E-state index in [1.54, 1.807) is 26.2 Å². The second kappa shape index (κ2) is 19.9. The zero-order valence-corrected chi connectivity index (χ0v) is 29.5. The summed E-state index contributed by atoms with van der Waals surface area (Å²) < 4.78 is 11.7.